The van der Waals surface area contributed by atoms with E-state index in [4.69, 9.17) is 38.2 Å². The largest absolute Gasteiger partial charge is 0.459 e. The highest BCUT2D eigenvalue weighted by Gasteiger charge is 2.21. The average Bonchev–Trinajstić information content (AvgIpc) is 3.37. The van der Waals surface area contributed by atoms with Crippen molar-refractivity contribution in [3.8, 4) is 11.3 Å². The lowest BCUT2D eigenvalue weighted by Gasteiger charge is -2.33. The van der Waals surface area contributed by atoms with Crippen LogP contribution >= 0.6 is 23.8 Å². The van der Waals surface area contributed by atoms with E-state index in [2.05, 4.69) is 33.4 Å². The minimum atomic E-state index is 0.460. The number of nitrogens with zero attached hydrogens (tertiary/aromatic N) is 4. The molecule has 9 heteroatoms. The number of rotatable bonds is 6. The lowest BCUT2D eigenvalue weighted by molar-refractivity contribution is 0.444. The predicted octanol–water partition coefficient (Wildman–Crippen LogP) is 6.10. The second-order valence-electron chi connectivity index (χ2n) is 9.73. The summed E-state index contributed by atoms with van der Waals surface area (Å²) in [4.78, 5) is 14.4. The molecule has 190 valence electrons. The number of thiocarbonyl (C=S) groups is 1. The summed E-state index contributed by atoms with van der Waals surface area (Å²) in [5.41, 5.74) is 0.980. The molecule has 3 aromatic rings. The van der Waals surface area contributed by atoms with Gasteiger partial charge in [-0.2, -0.15) is 9.97 Å². The number of nitrogens with one attached hydrogen (secondary N) is 2. The molecule has 1 aromatic carbocycles. The van der Waals surface area contributed by atoms with Gasteiger partial charge in [-0.05, 0) is 86.6 Å². The zero-order valence-electron chi connectivity index (χ0n) is 20.7. The van der Waals surface area contributed by atoms with E-state index in [1.807, 2.05) is 36.4 Å². The van der Waals surface area contributed by atoms with Crippen LogP contribution in [0.3, 0.4) is 0 Å². The van der Waals surface area contributed by atoms with Crippen molar-refractivity contribution in [3.63, 3.8) is 0 Å². The SMILES string of the molecule is CC1CCCN(c2cc(N3CCCCC3)nc(NC(=S)NCc3ccc(-c4ccc(Cl)cc4)o3)n2)C1. The van der Waals surface area contributed by atoms with Crippen molar-refractivity contribution in [3.05, 3.63) is 53.2 Å². The van der Waals surface area contributed by atoms with Crippen LogP contribution in [0.2, 0.25) is 5.02 Å². The molecule has 5 rings (SSSR count). The van der Waals surface area contributed by atoms with Crippen molar-refractivity contribution in [2.45, 2.75) is 45.6 Å². The number of halogens is 1. The van der Waals surface area contributed by atoms with Crippen molar-refractivity contribution < 1.29 is 4.42 Å². The van der Waals surface area contributed by atoms with Gasteiger partial charge in [-0.25, -0.2) is 0 Å². The Morgan fingerprint density at radius 3 is 2.47 bits per heavy atom. The van der Waals surface area contributed by atoms with Crippen molar-refractivity contribution in [2.24, 2.45) is 5.92 Å². The fourth-order valence-corrected chi connectivity index (χ4v) is 5.17. The fourth-order valence-electron chi connectivity index (χ4n) is 4.88. The Bertz CT molecular complexity index is 1180. The van der Waals surface area contributed by atoms with Gasteiger partial charge in [0.1, 0.15) is 23.2 Å². The molecule has 1 unspecified atom stereocenters. The molecule has 0 aliphatic carbocycles. The van der Waals surface area contributed by atoms with Gasteiger partial charge in [0, 0.05) is 42.8 Å². The number of hydrogen-bond donors (Lipinski definition) is 2. The maximum atomic E-state index is 5.99. The highest BCUT2D eigenvalue weighted by atomic mass is 35.5. The Morgan fingerprint density at radius 1 is 1.00 bits per heavy atom. The lowest BCUT2D eigenvalue weighted by Crippen LogP contribution is -2.36. The maximum absolute atomic E-state index is 5.99. The maximum Gasteiger partial charge on any atom is 0.232 e. The normalized spacial score (nSPS) is 18.2. The minimum absolute atomic E-state index is 0.460. The molecule has 36 heavy (non-hydrogen) atoms. The molecular weight excluding hydrogens is 492 g/mol. The van der Waals surface area contributed by atoms with Crippen LogP contribution in [0.4, 0.5) is 17.6 Å². The molecule has 0 amide bonds. The quantitative estimate of drug-likeness (QED) is 0.375. The Morgan fingerprint density at radius 2 is 1.72 bits per heavy atom. The van der Waals surface area contributed by atoms with Crippen molar-refractivity contribution in [1.82, 2.24) is 15.3 Å². The van der Waals surface area contributed by atoms with Crippen LogP contribution in [0.1, 0.15) is 44.8 Å². The summed E-state index contributed by atoms with van der Waals surface area (Å²) in [6.07, 6.45) is 6.14. The predicted molar refractivity (Wildman–Crippen MR) is 151 cm³/mol. The first-order chi connectivity index (χ1) is 17.5. The Balaban J connectivity index is 1.26. The van der Waals surface area contributed by atoms with Crippen molar-refractivity contribution in [2.75, 3.05) is 41.3 Å². The third-order valence-electron chi connectivity index (χ3n) is 6.80. The van der Waals surface area contributed by atoms with Crippen LogP contribution in [0.25, 0.3) is 11.3 Å². The number of anilines is 3. The van der Waals surface area contributed by atoms with E-state index in [-0.39, 0.29) is 0 Å². The molecule has 2 fully saturated rings. The van der Waals surface area contributed by atoms with Gasteiger partial charge in [0.25, 0.3) is 0 Å². The van der Waals surface area contributed by atoms with Gasteiger partial charge in [0.15, 0.2) is 5.11 Å². The first-order valence-electron chi connectivity index (χ1n) is 12.8. The van der Waals surface area contributed by atoms with E-state index in [1.165, 1.54) is 32.1 Å². The summed E-state index contributed by atoms with van der Waals surface area (Å²) >= 11 is 11.6. The van der Waals surface area contributed by atoms with Crippen LogP contribution < -0.4 is 20.4 Å². The standard InChI is InChI=1S/C27H33ClN6OS/c1-19-6-5-15-34(18-19)25-16-24(33-13-3-2-4-14-33)30-26(31-25)32-27(36)29-17-22-11-12-23(35-22)20-7-9-21(28)10-8-20/h7-12,16,19H,2-6,13-15,17-18H2,1H3,(H2,29,30,31,32,36). The zero-order valence-corrected chi connectivity index (χ0v) is 22.2. The van der Waals surface area contributed by atoms with Gasteiger partial charge in [-0.15, -0.1) is 0 Å². The first kappa shape index (κ1) is 24.8. The summed E-state index contributed by atoms with van der Waals surface area (Å²) in [7, 11) is 0. The number of furan rings is 1. The van der Waals surface area contributed by atoms with E-state index < -0.39 is 0 Å². The van der Waals surface area contributed by atoms with Crippen LogP contribution in [0.5, 0.6) is 0 Å². The Hall–Kier alpha value is -2.84. The number of hydrogen-bond acceptors (Lipinski definition) is 6. The summed E-state index contributed by atoms with van der Waals surface area (Å²) in [5, 5.41) is 7.61. The monoisotopic (exact) mass is 524 g/mol. The number of aromatic nitrogens is 2. The van der Waals surface area contributed by atoms with E-state index in [9.17, 15) is 0 Å². The molecule has 0 saturated carbocycles. The van der Waals surface area contributed by atoms with Crippen LogP contribution in [0, 0.1) is 5.92 Å². The molecular formula is C27H33ClN6OS. The van der Waals surface area contributed by atoms with E-state index in [0.29, 0.717) is 28.5 Å². The highest BCUT2D eigenvalue weighted by Crippen LogP contribution is 2.28. The molecule has 0 bridgehead atoms. The van der Waals surface area contributed by atoms with Gasteiger partial charge in [-0.1, -0.05) is 18.5 Å². The smallest absolute Gasteiger partial charge is 0.232 e. The van der Waals surface area contributed by atoms with Crippen LogP contribution in [-0.4, -0.2) is 41.3 Å². The summed E-state index contributed by atoms with van der Waals surface area (Å²) in [5.74, 6) is 4.72. The molecule has 4 heterocycles. The van der Waals surface area contributed by atoms with Gasteiger partial charge in [0.05, 0.1) is 6.54 Å². The molecule has 1 atom stereocenters. The minimum Gasteiger partial charge on any atom is -0.459 e. The van der Waals surface area contributed by atoms with E-state index in [1.54, 1.807) is 0 Å². The molecule has 2 N–H and O–H groups in total. The van der Waals surface area contributed by atoms with E-state index in [0.717, 1.165) is 54.9 Å². The summed E-state index contributed by atoms with van der Waals surface area (Å²) in [6, 6.07) is 13.6. The molecule has 2 saturated heterocycles. The third kappa shape index (κ3) is 6.28. The fraction of sp³-hybridized carbons (Fsp3) is 0.444. The second-order valence-corrected chi connectivity index (χ2v) is 10.6. The van der Waals surface area contributed by atoms with Gasteiger partial charge < -0.3 is 24.9 Å². The van der Waals surface area contributed by atoms with Gasteiger partial charge in [0.2, 0.25) is 5.95 Å². The number of piperidine rings is 2. The second kappa shape index (κ2) is 11.5. The summed E-state index contributed by atoms with van der Waals surface area (Å²) in [6.45, 7) is 6.88. The van der Waals surface area contributed by atoms with Gasteiger partial charge in [-0.3, -0.25) is 0 Å². The first-order valence-corrected chi connectivity index (χ1v) is 13.6. The van der Waals surface area contributed by atoms with Crippen LogP contribution in [-0.2, 0) is 6.54 Å². The van der Waals surface area contributed by atoms with Gasteiger partial charge >= 0.3 is 0 Å². The van der Waals surface area contributed by atoms with Crippen molar-refractivity contribution >= 4 is 46.5 Å². The number of benzene rings is 1. The molecule has 0 spiro atoms. The van der Waals surface area contributed by atoms with Crippen LogP contribution in [0.15, 0.2) is 46.9 Å². The average molecular weight is 525 g/mol. The molecule has 2 aliphatic heterocycles. The molecule has 0 radical (unpaired) electrons. The molecule has 7 nitrogen and oxygen atoms in total. The topological polar surface area (TPSA) is 69.5 Å². The zero-order chi connectivity index (χ0) is 24.9. The Kier molecular flexibility index (Phi) is 7.92. The van der Waals surface area contributed by atoms with Crippen molar-refractivity contribution in [1.29, 1.82) is 0 Å². The Labute approximate surface area is 223 Å². The highest BCUT2D eigenvalue weighted by molar-refractivity contribution is 7.80. The molecule has 2 aliphatic rings. The summed E-state index contributed by atoms with van der Waals surface area (Å²) < 4.78 is 5.98. The third-order valence-corrected chi connectivity index (χ3v) is 7.30. The lowest BCUT2D eigenvalue weighted by atomic mass is 10.0. The van der Waals surface area contributed by atoms with E-state index >= 15 is 0 Å². The molecule has 2 aromatic heterocycles.